The van der Waals surface area contributed by atoms with Crippen LogP contribution in [0.3, 0.4) is 0 Å². The molecular weight excluding hydrogens is 829 g/mol. The van der Waals surface area contributed by atoms with E-state index >= 15 is 0 Å². The first-order chi connectivity index (χ1) is 33.0. The minimum Gasteiger partial charge on any atom is -0.462 e. The van der Waals surface area contributed by atoms with Crippen LogP contribution in [0.1, 0.15) is 239 Å². The molecule has 0 aliphatic heterocycles. The molecular formula is C61H100O6. The van der Waals surface area contributed by atoms with E-state index in [0.29, 0.717) is 19.3 Å². The van der Waals surface area contributed by atoms with Crippen LogP contribution in [0.15, 0.2) is 109 Å². The van der Waals surface area contributed by atoms with Crippen LogP contribution in [0.2, 0.25) is 0 Å². The van der Waals surface area contributed by atoms with Gasteiger partial charge in [-0.05, 0) is 122 Å². The fraction of sp³-hybridized carbons (Fsp3) is 0.656. The minimum atomic E-state index is -0.840. The van der Waals surface area contributed by atoms with Crippen LogP contribution in [0, 0.1) is 0 Å². The average Bonchev–Trinajstić information content (AvgIpc) is 3.33. The Balaban J connectivity index is 4.61. The smallest absolute Gasteiger partial charge is 0.306 e. The molecule has 6 heteroatoms. The molecule has 0 amide bonds. The molecule has 0 aromatic carbocycles. The van der Waals surface area contributed by atoms with Crippen molar-refractivity contribution in [2.24, 2.45) is 0 Å². The summed E-state index contributed by atoms with van der Waals surface area (Å²) in [6, 6.07) is 0. The Kier molecular flexibility index (Phi) is 51.5. The lowest BCUT2D eigenvalue weighted by molar-refractivity contribution is -0.167. The summed E-state index contributed by atoms with van der Waals surface area (Å²) >= 11 is 0. The normalized spacial score (nSPS) is 12.5. The molecule has 0 aliphatic rings. The molecule has 0 rings (SSSR count). The maximum atomic E-state index is 12.8. The molecule has 6 nitrogen and oxygen atoms in total. The zero-order valence-corrected chi connectivity index (χ0v) is 43.4. The zero-order valence-electron chi connectivity index (χ0n) is 43.4. The van der Waals surface area contributed by atoms with Crippen molar-refractivity contribution in [1.29, 1.82) is 0 Å². The van der Waals surface area contributed by atoms with Crippen molar-refractivity contribution in [2.45, 2.75) is 245 Å². The monoisotopic (exact) mass is 929 g/mol. The van der Waals surface area contributed by atoms with Gasteiger partial charge in [0.05, 0.1) is 0 Å². The maximum absolute atomic E-state index is 12.8. The third-order valence-electron chi connectivity index (χ3n) is 11.2. The van der Waals surface area contributed by atoms with Crippen molar-refractivity contribution in [3.05, 3.63) is 109 Å². The number of hydrogen-bond donors (Lipinski definition) is 0. The number of hydrogen-bond acceptors (Lipinski definition) is 6. The highest BCUT2D eigenvalue weighted by atomic mass is 16.6. The van der Waals surface area contributed by atoms with Crippen LogP contribution in [-0.4, -0.2) is 37.2 Å². The molecule has 67 heavy (non-hydrogen) atoms. The Bertz CT molecular complexity index is 1320. The van der Waals surface area contributed by atoms with Crippen molar-refractivity contribution in [3.8, 4) is 0 Å². The summed E-state index contributed by atoms with van der Waals surface area (Å²) in [5, 5.41) is 0. The highest BCUT2D eigenvalue weighted by Crippen LogP contribution is 2.11. The molecule has 0 radical (unpaired) electrons. The van der Waals surface area contributed by atoms with Crippen molar-refractivity contribution in [1.82, 2.24) is 0 Å². The third kappa shape index (κ3) is 52.9. The molecule has 0 aliphatic carbocycles. The van der Waals surface area contributed by atoms with Gasteiger partial charge in [0.15, 0.2) is 6.10 Å². The van der Waals surface area contributed by atoms with E-state index in [1.54, 1.807) is 0 Å². The SMILES string of the molecule is CCCCC/C=C\C/C=C\C/C=C\CCCCC(=O)OC(COC(=O)CCC/C=C\C/C=C\C/C=C\CCCCCCCC)COC(=O)CCC/C=C\C/C=C\C/C=C\CCCCCCCC. The van der Waals surface area contributed by atoms with Gasteiger partial charge in [0.1, 0.15) is 13.2 Å². The van der Waals surface area contributed by atoms with E-state index in [9.17, 15) is 14.4 Å². The number of carbonyl (C=O) groups is 3. The summed E-state index contributed by atoms with van der Waals surface area (Å²) in [6.07, 6.45) is 73.7. The molecule has 0 atom stereocenters. The van der Waals surface area contributed by atoms with Gasteiger partial charge < -0.3 is 14.2 Å². The van der Waals surface area contributed by atoms with Gasteiger partial charge in [-0.2, -0.15) is 0 Å². The Morgan fingerprint density at radius 1 is 0.299 bits per heavy atom. The van der Waals surface area contributed by atoms with Gasteiger partial charge in [0, 0.05) is 19.3 Å². The van der Waals surface area contributed by atoms with E-state index in [-0.39, 0.29) is 50.4 Å². The Morgan fingerprint density at radius 3 is 0.910 bits per heavy atom. The van der Waals surface area contributed by atoms with E-state index in [1.165, 1.54) is 116 Å². The fourth-order valence-corrected chi connectivity index (χ4v) is 7.07. The lowest BCUT2D eigenvalue weighted by Gasteiger charge is -2.18. The van der Waals surface area contributed by atoms with Gasteiger partial charge in [-0.1, -0.05) is 207 Å². The highest BCUT2D eigenvalue weighted by Gasteiger charge is 2.19. The topological polar surface area (TPSA) is 78.9 Å². The van der Waals surface area contributed by atoms with Crippen LogP contribution in [-0.2, 0) is 28.6 Å². The molecule has 0 saturated heterocycles. The zero-order chi connectivity index (χ0) is 48.6. The van der Waals surface area contributed by atoms with Gasteiger partial charge >= 0.3 is 17.9 Å². The van der Waals surface area contributed by atoms with Gasteiger partial charge in [-0.3, -0.25) is 14.4 Å². The van der Waals surface area contributed by atoms with E-state index in [0.717, 1.165) is 64.2 Å². The molecule has 0 N–H and O–H groups in total. The lowest BCUT2D eigenvalue weighted by Crippen LogP contribution is -2.30. The second-order valence-electron chi connectivity index (χ2n) is 17.8. The molecule has 0 unspecified atom stereocenters. The number of rotatable bonds is 48. The summed E-state index contributed by atoms with van der Waals surface area (Å²) < 4.78 is 16.7. The number of allylic oxidation sites excluding steroid dienone is 18. The molecule has 0 heterocycles. The largest absolute Gasteiger partial charge is 0.462 e. The first-order valence-electron chi connectivity index (χ1n) is 27.4. The van der Waals surface area contributed by atoms with Gasteiger partial charge in [-0.15, -0.1) is 0 Å². The predicted octanol–water partition coefficient (Wildman–Crippen LogP) is 18.3. The van der Waals surface area contributed by atoms with Gasteiger partial charge in [-0.25, -0.2) is 0 Å². The second-order valence-corrected chi connectivity index (χ2v) is 17.8. The first-order valence-corrected chi connectivity index (χ1v) is 27.4. The Labute approximate surface area is 412 Å². The molecule has 0 aromatic rings. The van der Waals surface area contributed by atoms with Crippen molar-refractivity contribution in [2.75, 3.05) is 13.2 Å². The number of esters is 3. The fourth-order valence-electron chi connectivity index (χ4n) is 7.07. The van der Waals surface area contributed by atoms with E-state index in [1.807, 2.05) is 0 Å². The van der Waals surface area contributed by atoms with Crippen LogP contribution in [0.4, 0.5) is 0 Å². The van der Waals surface area contributed by atoms with E-state index in [2.05, 4.69) is 130 Å². The Hall–Kier alpha value is -3.93. The number of unbranched alkanes of at least 4 members (excludes halogenated alkanes) is 19. The summed E-state index contributed by atoms with van der Waals surface area (Å²) in [5.74, 6) is -1.08. The molecule has 0 saturated carbocycles. The van der Waals surface area contributed by atoms with E-state index < -0.39 is 6.10 Å². The standard InChI is InChI=1S/C61H100O6/c1-4-7-10-13-16-19-22-25-28-30-33-35-38-41-44-47-50-53-59(62)65-56-58(67-61(64)55-52-49-46-43-40-37-32-27-24-21-18-15-12-9-6-3)57-66-60(63)54-51-48-45-42-39-36-34-31-29-26-23-20-17-14-11-8-5-2/h18,21,25-29,32-36,40-45,58H,4-17,19-20,22-24,30-31,37-39,46-57H2,1-3H3/b21-18-,28-25-,29-26-,32-27-,35-33-,36-34-,43-40-,44-41-,45-42-. The van der Waals surface area contributed by atoms with Crippen LogP contribution in [0.25, 0.3) is 0 Å². The summed E-state index contributed by atoms with van der Waals surface area (Å²) in [4.78, 5) is 38.0. The molecule has 0 fully saturated rings. The predicted molar refractivity (Wildman–Crippen MR) is 288 cm³/mol. The molecule has 380 valence electrons. The summed E-state index contributed by atoms with van der Waals surface area (Å²) in [6.45, 7) is 6.47. The number of ether oxygens (including phenoxy) is 3. The van der Waals surface area contributed by atoms with Crippen LogP contribution >= 0.6 is 0 Å². The molecule has 0 spiro atoms. The van der Waals surface area contributed by atoms with E-state index in [4.69, 9.17) is 14.2 Å². The van der Waals surface area contributed by atoms with Crippen LogP contribution in [0.5, 0.6) is 0 Å². The van der Waals surface area contributed by atoms with Gasteiger partial charge in [0.2, 0.25) is 0 Å². The van der Waals surface area contributed by atoms with Crippen molar-refractivity contribution >= 4 is 17.9 Å². The highest BCUT2D eigenvalue weighted by molar-refractivity contribution is 5.71. The first kappa shape index (κ1) is 63.1. The van der Waals surface area contributed by atoms with Gasteiger partial charge in [0.25, 0.3) is 0 Å². The van der Waals surface area contributed by atoms with Crippen molar-refractivity contribution in [3.63, 3.8) is 0 Å². The average molecular weight is 929 g/mol. The lowest BCUT2D eigenvalue weighted by atomic mass is 10.1. The minimum absolute atomic E-state index is 0.137. The third-order valence-corrected chi connectivity index (χ3v) is 11.2. The van der Waals surface area contributed by atoms with Crippen molar-refractivity contribution < 1.29 is 28.6 Å². The quantitative estimate of drug-likeness (QED) is 0.0262. The Morgan fingerprint density at radius 2 is 0.552 bits per heavy atom. The molecule has 0 bridgehead atoms. The maximum Gasteiger partial charge on any atom is 0.306 e. The second kappa shape index (κ2) is 54.7. The summed E-state index contributed by atoms with van der Waals surface area (Å²) in [5.41, 5.74) is 0. The van der Waals surface area contributed by atoms with Crippen LogP contribution < -0.4 is 0 Å². The number of carbonyl (C=O) groups excluding carboxylic acids is 3. The summed E-state index contributed by atoms with van der Waals surface area (Å²) in [7, 11) is 0. The molecule has 0 aromatic heterocycles.